The minimum Gasteiger partial charge on any atom is -0.300 e. The van der Waals surface area contributed by atoms with E-state index in [1.807, 2.05) is 0 Å². The topological polar surface area (TPSA) is 3.24 Å². The van der Waals surface area contributed by atoms with E-state index in [1.54, 1.807) is 0 Å². The van der Waals surface area contributed by atoms with Crippen LogP contribution < -0.4 is 0 Å². The Labute approximate surface area is 122 Å². The van der Waals surface area contributed by atoms with Crippen molar-refractivity contribution in [2.75, 3.05) is 18.4 Å². The predicted molar refractivity (Wildman–Crippen MR) is 83.4 cm³/mol. The Bertz CT molecular complexity index is 245. The summed E-state index contributed by atoms with van der Waals surface area (Å²) in [5, 5.41) is 1.21. The van der Waals surface area contributed by atoms with Gasteiger partial charge in [0.05, 0.1) is 0 Å². The fraction of sp³-hybridized carbons (Fsp3) is 1.00. The first kappa shape index (κ1) is 14.8. The number of hydrogen-bond donors (Lipinski definition) is 0. The van der Waals surface area contributed by atoms with Crippen molar-refractivity contribution < 1.29 is 0 Å². The standard InChI is InChI=1S/C16H30BrN/c1-14-8-7-11-18(15(14)2)13-16(12-17)9-5-3-4-6-10-16/h14-15H,3-13H2,1-2H3. The van der Waals surface area contributed by atoms with E-state index >= 15 is 0 Å². The molecule has 1 aliphatic carbocycles. The van der Waals surface area contributed by atoms with Crippen LogP contribution in [0.15, 0.2) is 0 Å². The van der Waals surface area contributed by atoms with Crippen LogP contribution in [-0.2, 0) is 0 Å². The molecule has 2 rings (SSSR count). The summed E-state index contributed by atoms with van der Waals surface area (Å²) in [5.74, 6) is 0.886. The summed E-state index contributed by atoms with van der Waals surface area (Å²) in [5.41, 5.74) is 0.571. The van der Waals surface area contributed by atoms with Gasteiger partial charge in [0, 0.05) is 17.9 Å². The molecular weight excluding hydrogens is 286 g/mol. The van der Waals surface area contributed by atoms with E-state index in [1.165, 1.54) is 69.8 Å². The van der Waals surface area contributed by atoms with Gasteiger partial charge in [0.2, 0.25) is 0 Å². The van der Waals surface area contributed by atoms with Crippen LogP contribution in [0.25, 0.3) is 0 Å². The minimum atomic E-state index is 0.571. The monoisotopic (exact) mass is 315 g/mol. The molecule has 1 saturated heterocycles. The zero-order valence-electron chi connectivity index (χ0n) is 12.3. The average molecular weight is 316 g/mol. The Hall–Kier alpha value is 0.440. The van der Waals surface area contributed by atoms with Gasteiger partial charge in [-0.2, -0.15) is 0 Å². The number of likely N-dealkylation sites (tertiary alicyclic amines) is 1. The molecule has 1 nitrogen and oxygen atoms in total. The van der Waals surface area contributed by atoms with Crippen LogP contribution in [0.3, 0.4) is 0 Å². The van der Waals surface area contributed by atoms with Crippen LogP contribution in [0.5, 0.6) is 0 Å². The molecule has 2 fully saturated rings. The van der Waals surface area contributed by atoms with Crippen LogP contribution >= 0.6 is 15.9 Å². The van der Waals surface area contributed by atoms with Crippen LogP contribution in [0.2, 0.25) is 0 Å². The van der Waals surface area contributed by atoms with Gasteiger partial charge in [0.15, 0.2) is 0 Å². The van der Waals surface area contributed by atoms with Gasteiger partial charge in [0.25, 0.3) is 0 Å². The average Bonchev–Trinajstić information content (AvgIpc) is 2.61. The third kappa shape index (κ3) is 3.50. The summed E-state index contributed by atoms with van der Waals surface area (Å²) in [4.78, 5) is 2.79. The van der Waals surface area contributed by atoms with Gasteiger partial charge < -0.3 is 0 Å². The highest BCUT2D eigenvalue weighted by molar-refractivity contribution is 9.09. The summed E-state index contributed by atoms with van der Waals surface area (Å²) in [6, 6.07) is 0.790. The fourth-order valence-corrected chi connectivity index (χ4v) is 4.63. The minimum absolute atomic E-state index is 0.571. The maximum atomic E-state index is 3.84. The van der Waals surface area contributed by atoms with Crippen molar-refractivity contribution in [2.45, 2.75) is 71.3 Å². The number of piperidine rings is 1. The molecule has 0 amide bonds. The summed E-state index contributed by atoms with van der Waals surface area (Å²) in [6.07, 6.45) is 11.5. The van der Waals surface area contributed by atoms with E-state index in [0.29, 0.717) is 5.41 Å². The molecule has 0 aromatic carbocycles. The number of rotatable bonds is 3. The van der Waals surface area contributed by atoms with Gasteiger partial charge >= 0.3 is 0 Å². The van der Waals surface area contributed by atoms with Crippen LogP contribution in [0, 0.1) is 11.3 Å². The zero-order chi connectivity index (χ0) is 13.0. The molecule has 0 aromatic heterocycles. The summed E-state index contributed by atoms with van der Waals surface area (Å²) in [7, 11) is 0. The van der Waals surface area contributed by atoms with Crippen LogP contribution in [0.4, 0.5) is 0 Å². The molecule has 0 aromatic rings. The Morgan fingerprint density at radius 2 is 1.72 bits per heavy atom. The highest BCUT2D eigenvalue weighted by Gasteiger charge is 2.35. The molecule has 0 radical (unpaired) electrons. The van der Waals surface area contributed by atoms with Gasteiger partial charge in [-0.05, 0) is 50.5 Å². The molecular formula is C16H30BrN. The van der Waals surface area contributed by atoms with Crippen LogP contribution in [0.1, 0.15) is 65.2 Å². The quantitative estimate of drug-likeness (QED) is 0.532. The van der Waals surface area contributed by atoms with E-state index in [9.17, 15) is 0 Å². The van der Waals surface area contributed by atoms with Crippen molar-refractivity contribution in [3.63, 3.8) is 0 Å². The third-order valence-corrected chi connectivity index (χ3v) is 6.68. The molecule has 2 unspecified atom stereocenters. The number of halogens is 1. The van der Waals surface area contributed by atoms with Gasteiger partial charge in [-0.3, -0.25) is 4.90 Å². The normalized spacial score (nSPS) is 34.2. The van der Waals surface area contributed by atoms with Crippen LogP contribution in [-0.4, -0.2) is 29.4 Å². The van der Waals surface area contributed by atoms with E-state index < -0.39 is 0 Å². The Morgan fingerprint density at radius 3 is 2.33 bits per heavy atom. The van der Waals surface area contributed by atoms with Crippen molar-refractivity contribution in [1.29, 1.82) is 0 Å². The maximum absolute atomic E-state index is 3.84. The number of alkyl halides is 1. The van der Waals surface area contributed by atoms with Crippen molar-refractivity contribution in [1.82, 2.24) is 4.90 Å². The van der Waals surface area contributed by atoms with Crippen molar-refractivity contribution in [3.8, 4) is 0 Å². The SMILES string of the molecule is CC1CCCN(CC2(CBr)CCCCCC2)C1C. The van der Waals surface area contributed by atoms with Crippen molar-refractivity contribution in [3.05, 3.63) is 0 Å². The lowest BCUT2D eigenvalue weighted by atomic mass is 9.80. The smallest absolute Gasteiger partial charge is 0.0100 e. The molecule has 1 heterocycles. The Balaban J connectivity index is 1.99. The molecule has 0 N–H and O–H groups in total. The second-order valence-corrected chi connectivity index (χ2v) is 7.44. The largest absolute Gasteiger partial charge is 0.300 e. The first-order valence-electron chi connectivity index (χ1n) is 7.97. The van der Waals surface area contributed by atoms with Crippen molar-refractivity contribution >= 4 is 15.9 Å². The zero-order valence-corrected chi connectivity index (χ0v) is 13.8. The van der Waals surface area contributed by atoms with E-state index in [0.717, 1.165) is 12.0 Å². The van der Waals surface area contributed by atoms with Crippen molar-refractivity contribution in [2.24, 2.45) is 11.3 Å². The number of hydrogen-bond acceptors (Lipinski definition) is 1. The molecule has 106 valence electrons. The first-order chi connectivity index (χ1) is 8.67. The fourth-order valence-electron chi connectivity index (χ4n) is 3.89. The molecule has 2 aliphatic rings. The summed E-state index contributed by atoms with van der Waals surface area (Å²) < 4.78 is 0. The summed E-state index contributed by atoms with van der Waals surface area (Å²) in [6.45, 7) is 7.55. The lowest BCUT2D eigenvalue weighted by Gasteiger charge is -2.44. The van der Waals surface area contributed by atoms with Gasteiger partial charge in [0.1, 0.15) is 0 Å². The van der Waals surface area contributed by atoms with E-state index in [-0.39, 0.29) is 0 Å². The van der Waals surface area contributed by atoms with Gasteiger partial charge in [-0.1, -0.05) is 48.5 Å². The molecule has 18 heavy (non-hydrogen) atoms. The second kappa shape index (κ2) is 6.74. The highest BCUT2D eigenvalue weighted by atomic mass is 79.9. The Kier molecular flexibility index (Phi) is 5.56. The number of nitrogens with zero attached hydrogens (tertiary/aromatic N) is 1. The van der Waals surface area contributed by atoms with Gasteiger partial charge in [-0.25, -0.2) is 0 Å². The molecule has 1 aliphatic heterocycles. The predicted octanol–water partition coefficient (Wildman–Crippen LogP) is 4.84. The molecule has 2 heteroatoms. The third-order valence-electron chi connectivity index (χ3n) is 5.49. The second-order valence-electron chi connectivity index (χ2n) is 6.88. The molecule has 0 bridgehead atoms. The highest BCUT2D eigenvalue weighted by Crippen LogP contribution is 2.39. The maximum Gasteiger partial charge on any atom is 0.0100 e. The van der Waals surface area contributed by atoms with E-state index in [2.05, 4.69) is 34.7 Å². The van der Waals surface area contributed by atoms with Gasteiger partial charge in [-0.15, -0.1) is 0 Å². The molecule has 1 saturated carbocycles. The lowest BCUT2D eigenvalue weighted by Crippen LogP contribution is -2.48. The van der Waals surface area contributed by atoms with E-state index in [4.69, 9.17) is 0 Å². The first-order valence-corrected chi connectivity index (χ1v) is 9.09. The summed E-state index contributed by atoms with van der Waals surface area (Å²) >= 11 is 3.84. The molecule has 2 atom stereocenters. The molecule has 0 spiro atoms. The Morgan fingerprint density at radius 1 is 1.06 bits per heavy atom. The lowest BCUT2D eigenvalue weighted by molar-refractivity contribution is 0.0617.